The first-order valence-corrected chi connectivity index (χ1v) is 10.8. The van der Waals surface area contributed by atoms with E-state index in [0.29, 0.717) is 0 Å². The molecule has 0 bridgehead atoms. The second-order valence-electron chi connectivity index (χ2n) is 7.88. The molecular formula is C27H37N3. The summed E-state index contributed by atoms with van der Waals surface area (Å²) in [5, 5.41) is 6.78. The molecular weight excluding hydrogens is 366 g/mol. The third-order valence-corrected chi connectivity index (χ3v) is 5.39. The Morgan fingerprint density at radius 1 is 0.967 bits per heavy atom. The van der Waals surface area contributed by atoms with E-state index in [0.717, 1.165) is 61.4 Å². The van der Waals surface area contributed by atoms with Gasteiger partial charge in [0, 0.05) is 42.9 Å². The number of para-hydroxylation sites is 1. The van der Waals surface area contributed by atoms with Gasteiger partial charge in [-0.1, -0.05) is 69.1 Å². The molecule has 0 saturated carbocycles. The van der Waals surface area contributed by atoms with Gasteiger partial charge in [0.15, 0.2) is 0 Å². The van der Waals surface area contributed by atoms with Crippen LogP contribution in [0.4, 0.5) is 5.69 Å². The first-order chi connectivity index (χ1) is 14.4. The Balaban J connectivity index is 1.79. The second kappa shape index (κ2) is 11.9. The van der Waals surface area contributed by atoms with Crippen LogP contribution in [0.1, 0.15) is 49.3 Å². The third-order valence-electron chi connectivity index (χ3n) is 5.39. The number of hydrogen-bond donors (Lipinski definition) is 2. The number of nitrogens with zero attached hydrogens (tertiary/aromatic N) is 1. The smallest absolute Gasteiger partial charge is 0.0423 e. The average molecular weight is 404 g/mol. The molecule has 30 heavy (non-hydrogen) atoms. The molecule has 0 heterocycles. The Morgan fingerprint density at radius 3 is 2.33 bits per heavy atom. The lowest BCUT2D eigenvalue weighted by molar-refractivity contribution is 0.391. The zero-order valence-corrected chi connectivity index (χ0v) is 18.9. The topological polar surface area (TPSA) is 27.3 Å². The Hall–Kier alpha value is -2.94. The minimum atomic E-state index is 0.863. The molecule has 3 heteroatoms. The van der Waals surface area contributed by atoms with Crippen LogP contribution in [-0.4, -0.2) is 18.5 Å². The summed E-state index contributed by atoms with van der Waals surface area (Å²) in [7, 11) is 2.12. The minimum Gasteiger partial charge on any atom is -0.389 e. The van der Waals surface area contributed by atoms with Gasteiger partial charge in [-0.15, -0.1) is 0 Å². The van der Waals surface area contributed by atoms with Crippen LogP contribution in [0.15, 0.2) is 79.7 Å². The van der Waals surface area contributed by atoms with Crippen molar-refractivity contribution in [1.82, 2.24) is 10.2 Å². The maximum atomic E-state index is 4.26. The highest BCUT2D eigenvalue weighted by molar-refractivity contribution is 5.76. The van der Waals surface area contributed by atoms with Crippen LogP contribution >= 0.6 is 0 Å². The van der Waals surface area contributed by atoms with Crippen LogP contribution in [0.25, 0.3) is 5.70 Å². The maximum absolute atomic E-state index is 4.26. The van der Waals surface area contributed by atoms with Crippen molar-refractivity contribution >= 4 is 11.4 Å². The van der Waals surface area contributed by atoms with E-state index >= 15 is 0 Å². The van der Waals surface area contributed by atoms with Crippen molar-refractivity contribution in [2.24, 2.45) is 0 Å². The normalized spacial score (nSPS) is 10.4. The van der Waals surface area contributed by atoms with E-state index in [4.69, 9.17) is 0 Å². The van der Waals surface area contributed by atoms with Gasteiger partial charge in [-0.05, 0) is 55.4 Å². The van der Waals surface area contributed by atoms with Gasteiger partial charge < -0.3 is 15.5 Å². The second-order valence-corrected chi connectivity index (χ2v) is 7.88. The lowest BCUT2D eigenvalue weighted by atomic mass is 10.1. The van der Waals surface area contributed by atoms with E-state index < -0.39 is 0 Å². The zero-order valence-electron chi connectivity index (χ0n) is 18.9. The molecule has 160 valence electrons. The highest BCUT2D eigenvalue weighted by Gasteiger charge is 2.06. The SMILES string of the molecule is C=C(CC)NCCCCC(=C)N(C)Cc1ccc(C(=C)Nc2ccccc2C)cc1. The van der Waals surface area contributed by atoms with Crippen molar-refractivity contribution in [1.29, 1.82) is 0 Å². The predicted octanol–water partition coefficient (Wildman–Crippen LogP) is 6.71. The van der Waals surface area contributed by atoms with E-state index in [2.05, 4.69) is 92.6 Å². The van der Waals surface area contributed by atoms with Gasteiger partial charge in [-0.25, -0.2) is 0 Å². The fraction of sp³-hybridized carbons (Fsp3) is 0.333. The molecule has 0 atom stereocenters. The molecule has 0 spiro atoms. The van der Waals surface area contributed by atoms with Crippen LogP contribution in [0, 0.1) is 6.92 Å². The average Bonchev–Trinajstić information content (AvgIpc) is 2.75. The summed E-state index contributed by atoms with van der Waals surface area (Å²) >= 11 is 0. The summed E-state index contributed by atoms with van der Waals surface area (Å²) in [5.74, 6) is 0. The van der Waals surface area contributed by atoms with Crippen molar-refractivity contribution in [2.45, 2.75) is 46.1 Å². The summed E-state index contributed by atoms with van der Waals surface area (Å²) < 4.78 is 0. The summed E-state index contributed by atoms with van der Waals surface area (Å²) in [4.78, 5) is 2.24. The summed E-state index contributed by atoms with van der Waals surface area (Å²) in [6.07, 6.45) is 4.28. The predicted molar refractivity (Wildman–Crippen MR) is 132 cm³/mol. The van der Waals surface area contributed by atoms with Crippen molar-refractivity contribution in [3.63, 3.8) is 0 Å². The number of rotatable bonds is 13. The fourth-order valence-electron chi connectivity index (χ4n) is 3.18. The first kappa shape index (κ1) is 23.3. The van der Waals surface area contributed by atoms with E-state index in [-0.39, 0.29) is 0 Å². The molecule has 0 amide bonds. The Morgan fingerprint density at radius 2 is 1.67 bits per heavy atom. The number of hydrogen-bond acceptors (Lipinski definition) is 3. The summed E-state index contributed by atoms with van der Waals surface area (Å²) in [5.41, 5.74) is 7.88. The minimum absolute atomic E-state index is 0.863. The van der Waals surface area contributed by atoms with Crippen LogP contribution in [0.2, 0.25) is 0 Å². The van der Waals surface area contributed by atoms with Crippen LogP contribution in [-0.2, 0) is 6.54 Å². The summed E-state index contributed by atoms with van der Waals surface area (Å²) in [6, 6.07) is 16.9. The molecule has 0 aliphatic rings. The first-order valence-electron chi connectivity index (χ1n) is 10.8. The van der Waals surface area contributed by atoms with Crippen LogP contribution in [0.5, 0.6) is 0 Å². The highest BCUT2D eigenvalue weighted by atomic mass is 15.1. The molecule has 0 aliphatic heterocycles. The van der Waals surface area contributed by atoms with Gasteiger partial charge >= 0.3 is 0 Å². The number of unbranched alkanes of at least 4 members (excludes halogenated alkanes) is 1. The van der Waals surface area contributed by atoms with E-state index in [1.54, 1.807) is 0 Å². The van der Waals surface area contributed by atoms with Crippen molar-refractivity contribution < 1.29 is 0 Å². The largest absolute Gasteiger partial charge is 0.389 e. The lowest BCUT2D eigenvalue weighted by Gasteiger charge is -2.22. The maximum Gasteiger partial charge on any atom is 0.0423 e. The van der Waals surface area contributed by atoms with Crippen molar-refractivity contribution in [2.75, 3.05) is 18.9 Å². The van der Waals surface area contributed by atoms with Crippen LogP contribution < -0.4 is 10.6 Å². The summed E-state index contributed by atoms with van der Waals surface area (Å²) in [6.45, 7) is 18.5. The molecule has 3 nitrogen and oxygen atoms in total. The Bertz CT molecular complexity index is 849. The third kappa shape index (κ3) is 7.47. The molecule has 0 aromatic heterocycles. The number of aryl methyl sites for hydroxylation is 1. The molecule has 2 N–H and O–H groups in total. The molecule has 0 radical (unpaired) electrons. The van der Waals surface area contributed by atoms with E-state index in [9.17, 15) is 0 Å². The standard InChI is InChI=1S/C27H37N3/c1-7-22(3)28-19-11-10-13-23(4)30(6)20-25-15-17-26(18-16-25)24(5)29-27-14-9-8-12-21(27)2/h8-9,12,14-18,28-29H,3-5,7,10-11,13,19-20H2,1-2,6H3. The van der Waals surface area contributed by atoms with Crippen molar-refractivity contribution in [3.05, 3.63) is 96.4 Å². The quantitative estimate of drug-likeness (QED) is 0.364. The molecule has 0 aliphatic carbocycles. The van der Waals surface area contributed by atoms with Gasteiger partial charge in [0.2, 0.25) is 0 Å². The number of nitrogens with one attached hydrogen (secondary N) is 2. The van der Waals surface area contributed by atoms with Gasteiger partial charge in [0.25, 0.3) is 0 Å². The number of benzene rings is 2. The Labute approximate surface area is 183 Å². The molecule has 2 rings (SSSR count). The van der Waals surface area contributed by atoms with E-state index in [1.807, 2.05) is 12.1 Å². The highest BCUT2D eigenvalue weighted by Crippen LogP contribution is 2.21. The van der Waals surface area contributed by atoms with Gasteiger partial charge in [-0.3, -0.25) is 0 Å². The van der Waals surface area contributed by atoms with Gasteiger partial charge in [0.1, 0.15) is 0 Å². The van der Waals surface area contributed by atoms with Gasteiger partial charge in [0.05, 0.1) is 0 Å². The van der Waals surface area contributed by atoms with E-state index in [1.165, 1.54) is 16.8 Å². The number of anilines is 1. The number of allylic oxidation sites excluding steroid dienone is 2. The lowest BCUT2D eigenvalue weighted by Crippen LogP contribution is -2.17. The molecule has 2 aromatic rings. The molecule has 0 unspecified atom stereocenters. The molecule has 0 fully saturated rings. The monoisotopic (exact) mass is 403 g/mol. The molecule has 2 aromatic carbocycles. The Kier molecular flexibility index (Phi) is 9.27. The fourth-order valence-corrected chi connectivity index (χ4v) is 3.18. The zero-order chi connectivity index (χ0) is 21.9. The molecule has 0 saturated heterocycles. The van der Waals surface area contributed by atoms with Gasteiger partial charge in [-0.2, -0.15) is 0 Å². The van der Waals surface area contributed by atoms with Crippen molar-refractivity contribution in [3.8, 4) is 0 Å². The van der Waals surface area contributed by atoms with Crippen LogP contribution in [0.3, 0.4) is 0 Å².